The third-order valence-electron chi connectivity index (χ3n) is 1.79. The largest absolute Gasteiger partial charge is 0.478 e. The maximum atomic E-state index is 10.4. The van der Waals surface area contributed by atoms with Crippen LogP contribution in [0.2, 0.25) is 0 Å². The minimum absolute atomic E-state index is 0.381. The molecule has 0 spiro atoms. The number of allylic oxidation sites excluding steroid dienone is 3. The van der Waals surface area contributed by atoms with Gasteiger partial charge in [0.1, 0.15) is 0 Å². The SMILES string of the molecule is CCCCCC=CC=C(C)C(=O)O. The molecule has 0 unspecified atom stereocenters. The molecule has 0 atom stereocenters. The number of unbranched alkanes of at least 4 members (excludes halogenated alkanes) is 3. The number of carbonyl (C=O) groups is 1. The first-order chi connectivity index (χ1) is 6.18. The Labute approximate surface area is 80.0 Å². The molecule has 2 heteroatoms. The highest BCUT2D eigenvalue weighted by Gasteiger charge is 1.95. The standard InChI is InChI=1S/C11H18O2/c1-3-4-5-6-7-8-9-10(2)11(12)13/h7-9H,3-6H2,1-2H3,(H,12,13). The van der Waals surface area contributed by atoms with E-state index in [-0.39, 0.29) is 0 Å². The van der Waals surface area contributed by atoms with Crippen LogP contribution in [0.1, 0.15) is 39.5 Å². The van der Waals surface area contributed by atoms with Gasteiger partial charge >= 0.3 is 5.97 Å². The van der Waals surface area contributed by atoms with Gasteiger partial charge in [-0.15, -0.1) is 0 Å². The fourth-order valence-corrected chi connectivity index (χ4v) is 0.892. The number of aliphatic carboxylic acids is 1. The molecule has 0 rings (SSSR count). The van der Waals surface area contributed by atoms with E-state index in [1.807, 2.05) is 12.2 Å². The second kappa shape index (κ2) is 7.59. The van der Waals surface area contributed by atoms with Gasteiger partial charge < -0.3 is 5.11 Å². The van der Waals surface area contributed by atoms with E-state index in [0.717, 1.165) is 6.42 Å². The van der Waals surface area contributed by atoms with Gasteiger partial charge in [0.25, 0.3) is 0 Å². The van der Waals surface area contributed by atoms with Crippen molar-refractivity contribution in [3.8, 4) is 0 Å². The van der Waals surface area contributed by atoms with E-state index in [0.29, 0.717) is 5.57 Å². The molecule has 0 aromatic carbocycles. The Balaban J connectivity index is 3.62. The molecule has 0 aromatic rings. The van der Waals surface area contributed by atoms with Crippen molar-refractivity contribution < 1.29 is 9.90 Å². The van der Waals surface area contributed by atoms with Gasteiger partial charge in [-0.05, 0) is 19.8 Å². The summed E-state index contributed by atoms with van der Waals surface area (Å²) in [5, 5.41) is 8.52. The van der Waals surface area contributed by atoms with E-state index < -0.39 is 5.97 Å². The molecule has 0 aliphatic rings. The Morgan fingerprint density at radius 1 is 1.38 bits per heavy atom. The maximum absolute atomic E-state index is 10.4. The monoisotopic (exact) mass is 182 g/mol. The Morgan fingerprint density at radius 2 is 2.08 bits per heavy atom. The Morgan fingerprint density at radius 3 is 2.62 bits per heavy atom. The summed E-state index contributed by atoms with van der Waals surface area (Å²) in [5.41, 5.74) is 0.381. The van der Waals surface area contributed by atoms with Crippen LogP contribution in [0, 0.1) is 0 Å². The first-order valence-electron chi connectivity index (χ1n) is 4.75. The predicted molar refractivity (Wildman–Crippen MR) is 54.7 cm³/mol. The minimum atomic E-state index is -0.849. The second-order valence-corrected chi connectivity index (χ2v) is 3.08. The first-order valence-corrected chi connectivity index (χ1v) is 4.75. The van der Waals surface area contributed by atoms with Crippen LogP contribution in [0.4, 0.5) is 0 Å². The van der Waals surface area contributed by atoms with Crippen molar-refractivity contribution in [1.29, 1.82) is 0 Å². The van der Waals surface area contributed by atoms with E-state index in [1.54, 1.807) is 13.0 Å². The van der Waals surface area contributed by atoms with Gasteiger partial charge in [-0.1, -0.05) is 38.0 Å². The molecule has 0 saturated heterocycles. The van der Waals surface area contributed by atoms with Crippen molar-refractivity contribution in [2.24, 2.45) is 0 Å². The van der Waals surface area contributed by atoms with Gasteiger partial charge in [-0.25, -0.2) is 4.79 Å². The van der Waals surface area contributed by atoms with Crippen molar-refractivity contribution in [3.05, 3.63) is 23.8 Å². The van der Waals surface area contributed by atoms with Crippen LogP contribution in [0.25, 0.3) is 0 Å². The molecule has 0 aromatic heterocycles. The molecule has 1 N–H and O–H groups in total. The molecule has 0 amide bonds. The number of hydrogen-bond donors (Lipinski definition) is 1. The lowest BCUT2D eigenvalue weighted by atomic mass is 10.2. The molecule has 0 aliphatic carbocycles. The zero-order valence-electron chi connectivity index (χ0n) is 8.42. The van der Waals surface area contributed by atoms with Gasteiger partial charge in [0.15, 0.2) is 0 Å². The lowest BCUT2D eigenvalue weighted by Crippen LogP contribution is -1.94. The smallest absolute Gasteiger partial charge is 0.331 e. The van der Waals surface area contributed by atoms with Gasteiger partial charge in [0.05, 0.1) is 0 Å². The van der Waals surface area contributed by atoms with Crippen LogP contribution < -0.4 is 0 Å². The summed E-state index contributed by atoms with van der Waals surface area (Å²) in [6, 6.07) is 0. The van der Waals surface area contributed by atoms with Crippen LogP contribution in [-0.4, -0.2) is 11.1 Å². The summed E-state index contributed by atoms with van der Waals surface area (Å²) in [6.45, 7) is 3.76. The number of hydrogen-bond acceptors (Lipinski definition) is 1. The van der Waals surface area contributed by atoms with Crippen molar-refractivity contribution in [2.45, 2.75) is 39.5 Å². The highest BCUT2D eigenvalue weighted by atomic mass is 16.4. The fourth-order valence-electron chi connectivity index (χ4n) is 0.892. The van der Waals surface area contributed by atoms with Crippen LogP contribution in [0.15, 0.2) is 23.8 Å². The molecular weight excluding hydrogens is 164 g/mol. The van der Waals surface area contributed by atoms with Crippen molar-refractivity contribution in [1.82, 2.24) is 0 Å². The molecule has 0 fully saturated rings. The van der Waals surface area contributed by atoms with Gasteiger partial charge in [-0.3, -0.25) is 0 Å². The average Bonchev–Trinajstić information content (AvgIpc) is 2.10. The van der Waals surface area contributed by atoms with Gasteiger partial charge in [0, 0.05) is 5.57 Å². The summed E-state index contributed by atoms with van der Waals surface area (Å²) in [6.07, 6.45) is 10.2. The molecule has 13 heavy (non-hydrogen) atoms. The highest BCUT2D eigenvalue weighted by Crippen LogP contribution is 2.00. The molecule has 0 saturated carbocycles. The summed E-state index contributed by atoms with van der Waals surface area (Å²) in [4.78, 5) is 10.4. The zero-order valence-corrected chi connectivity index (χ0v) is 8.42. The second-order valence-electron chi connectivity index (χ2n) is 3.08. The Kier molecular flexibility index (Phi) is 6.98. The topological polar surface area (TPSA) is 37.3 Å². The predicted octanol–water partition coefficient (Wildman–Crippen LogP) is 3.15. The number of carboxylic acids is 1. The van der Waals surface area contributed by atoms with Gasteiger partial charge in [0.2, 0.25) is 0 Å². The Bertz CT molecular complexity index is 202. The summed E-state index contributed by atoms with van der Waals surface area (Å²) in [7, 11) is 0. The van der Waals surface area contributed by atoms with E-state index in [4.69, 9.17) is 5.11 Å². The van der Waals surface area contributed by atoms with Crippen LogP contribution in [0.3, 0.4) is 0 Å². The molecule has 74 valence electrons. The lowest BCUT2D eigenvalue weighted by Gasteiger charge is -1.91. The molecule has 0 aliphatic heterocycles. The van der Waals surface area contributed by atoms with E-state index >= 15 is 0 Å². The third-order valence-corrected chi connectivity index (χ3v) is 1.79. The Hall–Kier alpha value is -1.05. The average molecular weight is 182 g/mol. The van der Waals surface area contributed by atoms with Gasteiger partial charge in [-0.2, -0.15) is 0 Å². The zero-order chi connectivity index (χ0) is 10.1. The minimum Gasteiger partial charge on any atom is -0.478 e. The molecule has 0 radical (unpaired) electrons. The van der Waals surface area contributed by atoms with E-state index in [2.05, 4.69) is 6.92 Å². The maximum Gasteiger partial charge on any atom is 0.331 e. The van der Waals surface area contributed by atoms with Crippen molar-refractivity contribution >= 4 is 5.97 Å². The van der Waals surface area contributed by atoms with Crippen LogP contribution in [0.5, 0.6) is 0 Å². The highest BCUT2D eigenvalue weighted by molar-refractivity contribution is 5.86. The number of carboxylic acid groups (broad SMARTS) is 1. The fraction of sp³-hybridized carbons (Fsp3) is 0.545. The summed E-state index contributed by atoms with van der Waals surface area (Å²) >= 11 is 0. The third kappa shape index (κ3) is 7.32. The van der Waals surface area contributed by atoms with Crippen LogP contribution >= 0.6 is 0 Å². The van der Waals surface area contributed by atoms with Crippen LogP contribution in [-0.2, 0) is 4.79 Å². The summed E-state index contributed by atoms with van der Waals surface area (Å²) in [5.74, 6) is -0.849. The summed E-state index contributed by atoms with van der Waals surface area (Å²) < 4.78 is 0. The van der Waals surface area contributed by atoms with E-state index in [9.17, 15) is 4.79 Å². The number of rotatable bonds is 6. The van der Waals surface area contributed by atoms with E-state index in [1.165, 1.54) is 19.3 Å². The van der Waals surface area contributed by atoms with Crippen molar-refractivity contribution in [2.75, 3.05) is 0 Å². The van der Waals surface area contributed by atoms with Crippen molar-refractivity contribution in [3.63, 3.8) is 0 Å². The molecule has 0 bridgehead atoms. The quantitative estimate of drug-likeness (QED) is 0.389. The first kappa shape index (κ1) is 11.9. The molecule has 2 nitrogen and oxygen atoms in total. The molecular formula is C11H18O2. The lowest BCUT2D eigenvalue weighted by molar-refractivity contribution is -0.132. The molecule has 0 heterocycles. The normalized spacial score (nSPS) is 12.3.